The molecule has 0 amide bonds. The standard InChI is InChI=1S/C14H18N2O/c1-16(2)8-6-12-5-7-15-14-4-3-11(10-17)9-13(12)14/h3-5,9-10,15H,6-8H2,1-2H3. The highest BCUT2D eigenvalue weighted by Crippen LogP contribution is 2.30. The van der Waals surface area contributed by atoms with Crippen molar-refractivity contribution in [3.8, 4) is 0 Å². The molecule has 0 saturated heterocycles. The Kier molecular flexibility index (Phi) is 3.59. The van der Waals surface area contributed by atoms with Crippen LogP contribution < -0.4 is 5.32 Å². The predicted octanol–water partition coefficient (Wildman–Crippen LogP) is 2.26. The number of fused-ring (bicyclic) bond motifs is 1. The van der Waals surface area contributed by atoms with Crippen molar-refractivity contribution in [1.82, 2.24) is 4.90 Å². The maximum atomic E-state index is 10.8. The second-order valence-corrected chi connectivity index (χ2v) is 4.59. The lowest BCUT2D eigenvalue weighted by molar-refractivity contribution is 0.112. The lowest BCUT2D eigenvalue weighted by Crippen LogP contribution is -2.15. The van der Waals surface area contributed by atoms with E-state index in [-0.39, 0.29) is 0 Å². The van der Waals surface area contributed by atoms with E-state index in [2.05, 4.69) is 30.4 Å². The van der Waals surface area contributed by atoms with Crippen molar-refractivity contribution >= 4 is 17.5 Å². The molecule has 3 nitrogen and oxygen atoms in total. The Bertz CT molecular complexity index is 450. The minimum atomic E-state index is 0.739. The van der Waals surface area contributed by atoms with Crippen LogP contribution >= 0.6 is 0 Å². The normalized spacial score (nSPS) is 13.9. The van der Waals surface area contributed by atoms with Gasteiger partial charge in [-0.2, -0.15) is 0 Å². The number of rotatable bonds is 4. The number of hydrogen-bond donors (Lipinski definition) is 1. The van der Waals surface area contributed by atoms with Gasteiger partial charge in [-0.1, -0.05) is 6.08 Å². The highest BCUT2D eigenvalue weighted by molar-refractivity contribution is 5.85. The van der Waals surface area contributed by atoms with Gasteiger partial charge >= 0.3 is 0 Å². The van der Waals surface area contributed by atoms with Crippen LogP contribution in [0.4, 0.5) is 5.69 Å². The summed E-state index contributed by atoms with van der Waals surface area (Å²) in [5.41, 5.74) is 4.37. The smallest absolute Gasteiger partial charge is 0.150 e. The van der Waals surface area contributed by atoms with E-state index in [0.717, 1.165) is 37.0 Å². The van der Waals surface area contributed by atoms with Crippen LogP contribution in [0.15, 0.2) is 24.3 Å². The molecule has 1 aromatic carbocycles. The van der Waals surface area contributed by atoms with E-state index < -0.39 is 0 Å². The van der Waals surface area contributed by atoms with Crippen molar-refractivity contribution in [2.75, 3.05) is 32.5 Å². The molecule has 0 spiro atoms. The van der Waals surface area contributed by atoms with Crippen molar-refractivity contribution in [2.24, 2.45) is 0 Å². The van der Waals surface area contributed by atoms with Gasteiger partial charge in [0, 0.05) is 29.9 Å². The summed E-state index contributed by atoms with van der Waals surface area (Å²) in [6, 6.07) is 5.81. The van der Waals surface area contributed by atoms with Gasteiger partial charge in [-0.15, -0.1) is 0 Å². The largest absolute Gasteiger partial charge is 0.381 e. The third-order valence-electron chi connectivity index (χ3n) is 2.99. The zero-order valence-electron chi connectivity index (χ0n) is 10.4. The molecule has 0 aromatic heterocycles. The van der Waals surface area contributed by atoms with Crippen molar-refractivity contribution in [3.63, 3.8) is 0 Å². The SMILES string of the molecule is CN(C)CCC1=CCNc2ccc(C=O)cc21. The molecule has 0 atom stereocenters. The van der Waals surface area contributed by atoms with E-state index >= 15 is 0 Å². The van der Waals surface area contributed by atoms with Crippen LogP contribution in [0.1, 0.15) is 22.3 Å². The van der Waals surface area contributed by atoms with Crippen LogP contribution in [0.5, 0.6) is 0 Å². The molecular formula is C14H18N2O. The summed E-state index contributed by atoms with van der Waals surface area (Å²) >= 11 is 0. The van der Waals surface area contributed by atoms with Gasteiger partial charge in [0.25, 0.3) is 0 Å². The van der Waals surface area contributed by atoms with Crippen LogP contribution in [0.3, 0.4) is 0 Å². The van der Waals surface area contributed by atoms with Gasteiger partial charge in [0.05, 0.1) is 0 Å². The fourth-order valence-electron chi connectivity index (χ4n) is 2.03. The fraction of sp³-hybridized carbons (Fsp3) is 0.357. The first-order chi connectivity index (χ1) is 8.20. The molecule has 1 aromatic rings. The molecular weight excluding hydrogens is 212 g/mol. The summed E-state index contributed by atoms with van der Waals surface area (Å²) in [4.78, 5) is 13.0. The molecule has 1 heterocycles. The molecule has 0 fully saturated rings. The maximum absolute atomic E-state index is 10.8. The van der Waals surface area contributed by atoms with Crippen LogP contribution in [0.2, 0.25) is 0 Å². The average molecular weight is 230 g/mol. The van der Waals surface area contributed by atoms with Gasteiger partial charge in [-0.25, -0.2) is 0 Å². The van der Waals surface area contributed by atoms with Crippen molar-refractivity contribution in [1.29, 1.82) is 0 Å². The molecule has 2 rings (SSSR count). The minimum Gasteiger partial charge on any atom is -0.381 e. The van der Waals surface area contributed by atoms with E-state index in [1.165, 1.54) is 11.1 Å². The molecule has 17 heavy (non-hydrogen) atoms. The van der Waals surface area contributed by atoms with Gasteiger partial charge in [-0.3, -0.25) is 4.79 Å². The molecule has 1 N–H and O–H groups in total. The Hall–Kier alpha value is -1.61. The third kappa shape index (κ3) is 2.74. The number of carbonyl (C=O) groups excluding carboxylic acids is 1. The predicted molar refractivity (Wildman–Crippen MR) is 71.5 cm³/mol. The molecule has 3 heteroatoms. The lowest BCUT2D eigenvalue weighted by Gasteiger charge is -2.21. The second kappa shape index (κ2) is 5.15. The Labute approximate surface area is 102 Å². The van der Waals surface area contributed by atoms with E-state index in [4.69, 9.17) is 0 Å². The number of nitrogens with one attached hydrogen (secondary N) is 1. The van der Waals surface area contributed by atoms with E-state index in [1.54, 1.807) is 0 Å². The summed E-state index contributed by atoms with van der Waals surface area (Å²) in [7, 11) is 4.15. The number of benzene rings is 1. The number of nitrogens with zero attached hydrogens (tertiary/aromatic N) is 1. The quantitative estimate of drug-likeness (QED) is 0.805. The van der Waals surface area contributed by atoms with Crippen LogP contribution in [-0.2, 0) is 0 Å². The van der Waals surface area contributed by atoms with Gasteiger partial charge < -0.3 is 10.2 Å². The number of carbonyl (C=O) groups is 1. The monoisotopic (exact) mass is 230 g/mol. The van der Waals surface area contributed by atoms with Crippen molar-refractivity contribution in [2.45, 2.75) is 6.42 Å². The maximum Gasteiger partial charge on any atom is 0.150 e. The summed E-state index contributed by atoms with van der Waals surface area (Å²) in [5.74, 6) is 0. The third-order valence-corrected chi connectivity index (χ3v) is 2.99. The Morgan fingerprint density at radius 1 is 1.41 bits per heavy atom. The van der Waals surface area contributed by atoms with Gasteiger partial charge in [0.1, 0.15) is 6.29 Å². The topological polar surface area (TPSA) is 32.3 Å². The Morgan fingerprint density at radius 2 is 2.24 bits per heavy atom. The Balaban J connectivity index is 2.25. The summed E-state index contributed by atoms with van der Waals surface area (Å²) in [6.07, 6.45) is 4.13. The molecule has 90 valence electrons. The number of aldehydes is 1. The molecule has 0 saturated carbocycles. The van der Waals surface area contributed by atoms with Gasteiger partial charge in [0.2, 0.25) is 0 Å². The number of anilines is 1. The average Bonchev–Trinajstić information content (AvgIpc) is 2.35. The van der Waals surface area contributed by atoms with Crippen molar-refractivity contribution < 1.29 is 4.79 Å². The summed E-state index contributed by atoms with van der Waals surface area (Å²) in [5, 5.41) is 3.33. The lowest BCUT2D eigenvalue weighted by atomic mass is 9.96. The van der Waals surface area contributed by atoms with Crippen LogP contribution in [0.25, 0.3) is 5.57 Å². The molecule has 0 radical (unpaired) electrons. The highest BCUT2D eigenvalue weighted by Gasteiger charge is 2.12. The van der Waals surface area contributed by atoms with E-state index in [9.17, 15) is 4.79 Å². The molecule has 0 unspecified atom stereocenters. The molecule has 1 aliphatic heterocycles. The molecule has 0 aliphatic carbocycles. The first-order valence-electron chi connectivity index (χ1n) is 5.88. The highest BCUT2D eigenvalue weighted by atomic mass is 16.1. The van der Waals surface area contributed by atoms with Crippen LogP contribution in [0, 0.1) is 0 Å². The molecule has 0 bridgehead atoms. The van der Waals surface area contributed by atoms with Crippen LogP contribution in [-0.4, -0.2) is 38.4 Å². The first-order valence-corrected chi connectivity index (χ1v) is 5.88. The fourth-order valence-corrected chi connectivity index (χ4v) is 2.03. The van der Waals surface area contributed by atoms with E-state index in [0.29, 0.717) is 0 Å². The first kappa shape index (κ1) is 11.9. The van der Waals surface area contributed by atoms with E-state index in [1.807, 2.05) is 18.2 Å². The summed E-state index contributed by atoms with van der Waals surface area (Å²) < 4.78 is 0. The zero-order chi connectivity index (χ0) is 12.3. The van der Waals surface area contributed by atoms with Gasteiger partial charge in [-0.05, 0) is 44.3 Å². The number of hydrogen-bond acceptors (Lipinski definition) is 3. The zero-order valence-corrected chi connectivity index (χ0v) is 10.4. The van der Waals surface area contributed by atoms with Gasteiger partial charge in [0.15, 0.2) is 0 Å². The second-order valence-electron chi connectivity index (χ2n) is 4.59. The van der Waals surface area contributed by atoms with Crippen molar-refractivity contribution in [3.05, 3.63) is 35.4 Å². The Morgan fingerprint density at radius 3 is 2.94 bits per heavy atom. The minimum absolute atomic E-state index is 0.739. The summed E-state index contributed by atoms with van der Waals surface area (Å²) in [6.45, 7) is 1.90. The molecule has 1 aliphatic rings.